The molecule has 0 saturated heterocycles. The number of Topliss-reactive ketones (excluding diaryl/α,β-unsaturated/α-hetero) is 1. The third kappa shape index (κ3) is 3.02. The summed E-state index contributed by atoms with van der Waals surface area (Å²) in [5.41, 5.74) is 1.80. The molecule has 1 saturated carbocycles. The number of hydrogen-bond donors (Lipinski definition) is 1. The molecule has 3 aromatic rings. The lowest BCUT2D eigenvalue weighted by molar-refractivity contribution is 0.0875. The number of nitrogens with zero attached hydrogens (tertiary/aromatic N) is 1. The number of fused-ring (bicyclic) bond motifs is 1. The highest BCUT2D eigenvalue weighted by molar-refractivity contribution is 6.08. The molecule has 1 N–H and O–H groups in total. The predicted octanol–water partition coefficient (Wildman–Crippen LogP) is 4.39. The summed E-state index contributed by atoms with van der Waals surface area (Å²) in [4.78, 5) is 18.4. The zero-order chi connectivity index (χ0) is 16.4. The molecule has 1 aliphatic carbocycles. The summed E-state index contributed by atoms with van der Waals surface area (Å²) in [7, 11) is 0. The van der Waals surface area contributed by atoms with Crippen LogP contribution in [0.15, 0.2) is 53.3 Å². The lowest BCUT2D eigenvalue weighted by atomic mass is 10.1. The molecule has 0 amide bonds. The van der Waals surface area contributed by atoms with Crippen LogP contribution >= 0.6 is 0 Å². The van der Waals surface area contributed by atoms with Gasteiger partial charge in [-0.25, -0.2) is 0 Å². The van der Waals surface area contributed by atoms with Crippen LogP contribution in [0.1, 0.15) is 41.8 Å². The van der Waals surface area contributed by atoms with Gasteiger partial charge in [0, 0.05) is 28.7 Å². The van der Waals surface area contributed by atoms with E-state index in [4.69, 9.17) is 4.42 Å². The Bertz CT molecular complexity index is 813. The Morgan fingerprint density at radius 2 is 2.00 bits per heavy atom. The number of rotatable bonds is 6. The second-order valence-corrected chi connectivity index (χ2v) is 6.59. The molecule has 2 aromatic heterocycles. The van der Waals surface area contributed by atoms with Crippen molar-refractivity contribution in [1.29, 1.82) is 0 Å². The summed E-state index contributed by atoms with van der Waals surface area (Å²) < 4.78 is 5.51. The normalized spacial score (nSPS) is 15.5. The van der Waals surface area contributed by atoms with Crippen molar-refractivity contribution in [2.24, 2.45) is 0 Å². The number of para-hydroxylation sites is 1. The fourth-order valence-corrected chi connectivity index (χ4v) is 3.76. The molecule has 124 valence electrons. The van der Waals surface area contributed by atoms with Crippen molar-refractivity contribution in [2.45, 2.75) is 38.3 Å². The smallest absolute Gasteiger partial charge is 0.178 e. The van der Waals surface area contributed by atoms with E-state index in [-0.39, 0.29) is 5.78 Å². The molecule has 4 rings (SSSR count). The minimum atomic E-state index is 0.172. The zero-order valence-electron chi connectivity index (χ0n) is 13.7. The van der Waals surface area contributed by atoms with Crippen LogP contribution in [0.25, 0.3) is 10.9 Å². The van der Waals surface area contributed by atoms with Gasteiger partial charge in [-0.15, -0.1) is 0 Å². The van der Waals surface area contributed by atoms with Gasteiger partial charge in [-0.3, -0.25) is 9.69 Å². The van der Waals surface area contributed by atoms with Crippen molar-refractivity contribution >= 4 is 16.7 Å². The van der Waals surface area contributed by atoms with Crippen LogP contribution < -0.4 is 0 Å². The van der Waals surface area contributed by atoms with E-state index in [1.807, 2.05) is 42.6 Å². The topological polar surface area (TPSA) is 49.2 Å². The van der Waals surface area contributed by atoms with Crippen molar-refractivity contribution < 1.29 is 9.21 Å². The summed E-state index contributed by atoms with van der Waals surface area (Å²) in [5, 5.41) is 1.01. The van der Waals surface area contributed by atoms with Crippen LogP contribution in [0.4, 0.5) is 0 Å². The number of benzene rings is 1. The lowest BCUT2D eigenvalue weighted by Crippen LogP contribution is -2.37. The Morgan fingerprint density at radius 1 is 1.17 bits per heavy atom. The average Bonchev–Trinajstić information content (AvgIpc) is 3.34. The van der Waals surface area contributed by atoms with Crippen molar-refractivity contribution in [3.05, 3.63) is 60.2 Å². The Hall–Kier alpha value is -2.33. The van der Waals surface area contributed by atoms with Gasteiger partial charge in [-0.1, -0.05) is 31.0 Å². The first-order chi connectivity index (χ1) is 11.8. The summed E-state index contributed by atoms with van der Waals surface area (Å²) in [6.07, 6.45) is 8.38. The number of aromatic nitrogens is 1. The molecule has 4 nitrogen and oxygen atoms in total. The number of carbonyl (C=O) groups excluding carboxylic acids is 1. The van der Waals surface area contributed by atoms with Crippen LogP contribution in [0.5, 0.6) is 0 Å². The SMILES string of the molecule is O=C(CN(Cc1ccco1)C1CCCC1)c1c[nH]c2ccccc12. The van der Waals surface area contributed by atoms with E-state index >= 15 is 0 Å². The summed E-state index contributed by atoms with van der Waals surface area (Å²) in [6.45, 7) is 1.14. The van der Waals surface area contributed by atoms with Gasteiger partial charge in [0.05, 0.1) is 19.4 Å². The molecule has 4 heteroatoms. The first-order valence-corrected chi connectivity index (χ1v) is 8.67. The molecule has 2 heterocycles. The molecule has 1 aliphatic rings. The van der Waals surface area contributed by atoms with Gasteiger partial charge in [-0.2, -0.15) is 0 Å². The highest BCUT2D eigenvalue weighted by Crippen LogP contribution is 2.26. The van der Waals surface area contributed by atoms with Crippen LogP contribution in [-0.4, -0.2) is 28.3 Å². The quantitative estimate of drug-likeness (QED) is 0.685. The Morgan fingerprint density at radius 3 is 2.79 bits per heavy atom. The number of H-pyrrole nitrogens is 1. The number of ketones is 1. The van der Waals surface area contributed by atoms with E-state index in [0.717, 1.165) is 22.2 Å². The Balaban J connectivity index is 1.55. The van der Waals surface area contributed by atoms with E-state index < -0.39 is 0 Å². The molecule has 1 aromatic carbocycles. The largest absolute Gasteiger partial charge is 0.468 e. The van der Waals surface area contributed by atoms with Gasteiger partial charge in [0.1, 0.15) is 5.76 Å². The van der Waals surface area contributed by atoms with Crippen LogP contribution in [0, 0.1) is 0 Å². The van der Waals surface area contributed by atoms with Crippen LogP contribution in [0.3, 0.4) is 0 Å². The molecular formula is C20H22N2O2. The van der Waals surface area contributed by atoms with E-state index in [1.165, 1.54) is 25.7 Å². The van der Waals surface area contributed by atoms with Gasteiger partial charge in [0.25, 0.3) is 0 Å². The molecule has 0 bridgehead atoms. The minimum Gasteiger partial charge on any atom is -0.468 e. The van der Waals surface area contributed by atoms with E-state index in [2.05, 4.69) is 9.88 Å². The van der Waals surface area contributed by atoms with Gasteiger partial charge < -0.3 is 9.40 Å². The molecule has 0 unspecified atom stereocenters. The molecule has 0 aliphatic heterocycles. The average molecular weight is 322 g/mol. The standard InChI is InChI=1S/C20H22N2O2/c23-20(18-12-21-19-10-4-3-9-17(18)19)14-22(15-6-1-2-7-15)13-16-8-5-11-24-16/h3-5,8-12,15,21H,1-2,6-7,13-14H2. The fourth-order valence-electron chi connectivity index (χ4n) is 3.76. The Kier molecular flexibility index (Phi) is 4.22. The van der Waals surface area contributed by atoms with Gasteiger partial charge in [0.15, 0.2) is 5.78 Å². The maximum Gasteiger partial charge on any atom is 0.178 e. The number of hydrogen-bond acceptors (Lipinski definition) is 3. The summed E-state index contributed by atoms with van der Waals surface area (Å²) in [6, 6.07) is 12.3. The van der Waals surface area contributed by atoms with Crippen molar-refractivity contribution in [3.63, 3.8) is 0 Å². The molecule has 0 spiro atoms. The first-order valence-electron chi connectivity index (χ1n) is 8.67. The molecule has 1 fully saturated rings. The van der Waals surface area contributed by atoms with Crippen molar-refractivity contribution in [3.8, 4) is 0 Å². The van der Waals surface area contributed by atoms with Crippen LogP contribution in [0.2, 0.25) is 0 Å². The number of nitrogens with one attached hydrogen (secondary N) is 1. The molecule has 0 radical (unpaired) electrons. The molecular weight excluding hydrogens is 300 g/mol. The molecule has 24 heavy (non-hydrogen) atoms. The van der Waals surface area contributed by atoms with Gasteiger partial charge in [-0.05, 0) is 31.0 Å². The number of aromatic amines is 1. The van der Waals surface area contributed by atoms with E-state index in [1.54, 1.807) is 6.26 Å². The third-order valence-electron chi connectivity index (χ3n) is 5.02. The van der Waals surface area contributed by atoms with E-state index in [0.29, 0.717) is 19.1 Å². The second-order valence-electron chi connectivity index (χ2n) is 6.59. The van der Waals surface area contributed by atoms with Crippen LogP contribution in [-0.2, 0) is 6.54 Å². The monoisotopic (exact) mass is 322 g/mol. The van der Waals surface area contributed by atoms with Gasteiger partial charge >= 0.3 is 0 Å². The molecule has 0 atom stereocenters. The maximum atomic E-state index is 12.9. The zero-order valence-corrected chi connectivity index (χ0v) is 13.7. The lowest BCUT2D eigenvalue weighted by Gasteiger charge is -2.27. The maximum absolute atomic E-state index is 12.9. The summed E-state index contributed by atoms with van der Waals surface area (Å²) in [5.74, 6) is 1.10. The first kappa shape index (κ1) is 15.2. The van der Waals surface area contributed by atoms with E-state index in [9.17, 15) is 4.79 Å². The fraction of sp³-hybridized carbons (Fsp3) is 0.350. The van der Waals surface area contributed by atoms with Crippen molar-refractivity contribution in [2.75, 3.05) is 6.54 Å². The highest BCUT2D eigenvalue weighted by atomic mass is 16.3. The predicted molar refractivity (Wildman–Crippen MR) is 94.0 cm³/mol. The second kappa shape index (κ2) is 6.65. The van der Waals surface area contributed by atoms with Crippen molar-refractivity contribution in [1.82, 2.24) is 9.88 Å². The number of carbonyl (C=O) groups is 1. The third-order valence-corrected chi connectivity index (χ3v) is 5.02. The highest BCUT2D eigenvalue weighted by Gasteiger charge is 2.26. The van der Waals surface area contributed by atoms with Gasteiger partial charge in [0.2, 0.25) is 0 Å². The Labute approximate surface area is 141 Å². The summed E-state index contributed by atoms with van der Waals surface area (Å²) >= 11 is 0. The number of furan rings is 1. The minimum absolute atomic E-state index is 0.172.